The lowest BCUT2D eigenvalue weighted by atomic mass is 9.81. The van der Waals surface area contributed by atoms with Gasteiger partial charge in [0, 0.05) is 13.1 Å². The van der Waals surface area contributed by atoms with Crippen LogP contribution in [0.1, 0.15) is 24.0 Å². The van der Waals surface area contributed by atoms with Gasteiger partial charge in [0.2, 0.25) is 11.8 Å². The standard InChI is InChI=1S/C17H19F3N2O3/c1-2-14(23)21-11-15(24)22-9-7-16(25,8-10-22)12-5-3-4-6-13(12)17(18,19)20/h2-6,25H,1,7-11H2,(H,21,23). The van der Waals surface area contributed by atoms with E-state index in [0.29, 0.717) is 0 Å². The monoisotopic (exact) mass is 356 g/mol. The molecule has 1 aliphatic heterocycles. The molecule has 1 aromatic rings. The molecule has 1 fully saturated rings. The lowest BCUT2D eigenvalue weighted by Gasteiger charge is -2.39. The van der Waals surface area contributed by atoms with Gasteiger partial charge in [-0.25, -0.2) is 0 Å². The van der Waals surface area contributed by atoms with Crippen molar-refractivity contribution in [2.75, 3.05) is 19.6 Å². The highest BCUT2D eigenvalue weighted by Gasteiger charge is 2.42. The number of piperidine rings is 1. The van der Waals surface area contributed by atoms with Crippen LogP contribution >= 0.6 is 0 Å². The maximum absolute atomic E-state index is 13.2. The van der Waals surface area contributed by atoms with E-state index in [-0.39, 0.29) is 43.9 Å². The zero-order valence-electron chi connectivity index (χ0n) is 13.5. The fourth-order valence-corrected chi connectivity index (χ4v) is 2.88. The van der Waals surface area contributed by atoms with Gasteiger partial charge in [-0.3, -0.25) is 9.59 Å². The van der Waals surface area contributed by atoms with Crippen molar-refractivity contribution in [2.24, 2.45) is 0 Å². The average Bonchev–Trinajstić information content (AvgIpc) is 2.59. The number of halogens is 3. The van der Waals surface area contributed by atoms with Crippen LogP contribution in [0, 0.1) is 0 Å². The molecule has 0 radical (unpaired) electrons. The van der Waals surface area contributed by atoms with Gasteiger partial charge in [0.1, 0.15) is 0 Å². The SMILES string of the molecule is C=CC(=O)NCC(=O)N1CCC(O)(c2ccccc2C(F)(F)F)CC1. The van der Waals surface area contributed by atoms with Crippen molar-refractivity contribution in [3.05, 3.63) is 48.0 Å². The van der Waals surface area contributed by atoms with E-state index in [0.717, 1.165) is 12.1 Å². The third kappa shape index (κ3) is 4.39. The van der Waals surface area contributed by atoms with Gasteiger partial charge in [-0.2, -0.15) is 13.2 Å². The second-order valence-corrected chi connectivity index (χ2v) is 5.88. The summed E-state index contributed by atoms with van der Waals surface area (Å²) >= 11 is 0. The minimum Gasteiger partial charge on any atom is -0.385 e. The summed E-state index contributed by atoms with van der Waals surface area (Å²) in [6.45, 7) is 3.26. The molecule has 0 saturated carbocycles. The first kappa shape index (κ1) is 19.0. The van der Waals surface area contributed by atoms with Crippen LogP contribution in [0.15, 0.2) is 36.9 Å². The summed E-state index contributed by atoms with van der Waals surface area (Å²) in [7, 11) is 0. The minimum atomic E-state index is -4.56. The first-order valence-corrected chi connectivity index (χ1v) is 7.74. The van der Waals surface area contributed by atoms with E-state index in [1.54, 1.807) is 0 Å². The van der Waals surface area contributed by atoms with Crippen molar-refractivity contribution in [3.63, 3.8) is 0 Å². The molecule has 136 valence electrons. The molecule has 0 spiro atoms. The number of rotatable bonds is 4. The highest BCUT2D eigenvalue weighted by Crippen LogP contribution is 2.41. The van der Waals surface area contributed by atoms with Gasteiger partial charge < -0.3 is 15.3 Å². The van der Waals surface area contributed by atoms with Crippen LogP contribution in [0.5, 0.6) is 0 Å². The number of amides is 2. The molecule has 0 unspecified atom stereocenters. The number of benzene rings is 1. The molecule has 5 nitrogen and oxygen atoms in total. The molecule has 2 amide bonds. The van der Waals surface area contributed by atoms with Gasteiger partial charge in [-0.05, 0) is 30.5 Å². The molecule has 1 aliphatic rings. The van der Waals surface area contributed by atoms with E-state index in [9.17, 15) is 27.9 Å². The number of carbonyl (C=O) groups excluding carboxylic acids is 2. The second kappa shape index (κ2) is 7.26. The predicted molar refractivity (Wildman–Crippen MR) is 84.4 cm³/mol. The Bertz CT molecular complexity index is 665. The predicted octanol–water partition coefficient (Wildman–Crippen LogP) is 1.82. The van der Waals surface area contributed by atoms with E-state index in [4.69, 9.17) is 0 Å². The Balaban J connectivity index is 2.07. The van der Waals surface area contributed by atoms with Gasteiger partial charge in [0.25, 0.3) is 0 Å². The molecule has 1 aromatic carbocycles. The molecule has 2 rings (SSSR count). The van der Waals surface area contributed by atoms with E-state index in [1.807, 2.05) is 0 Å². The van der Waals surface area contributed by atoms with Crippen LogP contribution < -0.4 is 5.32 Å². The second-order valence-electron chi connectivity index (χ2n) is 5.88. The van der Waals surface area contributed by atoms with Gasteiger partial charge in [-0.1, -0.05) is 24.8 Å². The Hall–Kier alpha value is -2.35. The summed E-state index contributed by atoms with van der Waals surface area (Å²) in [5, 5.41) is 13.1. The number of nitrogens with one attached hydrogen (secondary N) is 1. The number of likely N-dealkylation sites (tertiary alicyclic amines) is 1. The van der Waals surface area contributed by atoms with Crippen LogP contribution in [0.25, 0.3) is 0 Å². The summed E-state index contributed by atoms with van der Waals surface area (Å²) in [5.74, 6) is -0.845. The third-order valence-corrected chi connectivity index (χ3v) is 4.28. The number of nitrogens with zero attached hydrogens (tertiary/aromatic N) is 1. The van der Waals surface area contributed by atoms with Gasteiger partial charge in [0.05, 0.1) is 17.7 Å². The molecule has 2 N–H and O–H groups in total. The molecule has 0 aliphatic carbocycles. The van der Waals surface area contributed by atoms with Crippen LogP contribution in [0.3, 0.4) is 0 Å². The number of alkyl halides is 3. The Morgan fingerprint density at radius 2 is 1.88 bits per heavy atom. The molecule has 0 bridgehead atoms. The third-order valence-electron chi connectivity index (χ3n) is 4.28. The molecule has 0 atom stereocenters. The molecular weight excluding hydrogens is 337 g/mol. The van der Waals surface area contributed by atoms with E-state index >= 15 is 0 Å². The van der Waals surface area contributed by atoms with Gasteiger partial charge in [-0.15, -0.1) is 0 Å². The maximum Gasteiger partial charge on any atom is 0.416 e. The highest BCUT2D eigenvalue weighted by molar-refractivity contribution is 5.90. The van der Waals surface area contributed by atoms with Crippen LogP contribution in [0.4, 0.5) is 13.2 Å². The molecule has 1 heterocycles. The smallest absolute Gasteiger partial charge is 0.385 e. The Morgan fingerprint density at radius 1 is 1.28 bits per heavy atom. The minimum absolute atomic E-state index is 0.0127. The number of aliphatic hydroxyl groups is 1. The van der Waals surface area contributed by atoms with Crippen LogP contribution in [-0.2, 0) is 21.4 Å². The molecule has 8 heteroatoms. The van der Waals surface area contributed by atoms with E-state index in [1.165, 1.54) is 23.1 Å². The van der Waals surface area contributed by atoms with Crippen molar-refractivity contribution < 1.29 is 27.9 Å². The summed E-state index contributed by atoms with van der Waals surface area (Å²) in [4.78, 5) is 24.5. The van der Waals surface area contributed by atoms with Crippen molar-refractivity contribution in [2.45, 2.75) is 24.6 Å². The van der Waals surface area contributed by atoms with Gasteiger partial charge in [0.15, 0.2) is 0 Å². The first-order chi connectivity index (χ1) is 11.7. The highest BCUT2D eigenvalue weighted by atomic mass is 19.4. The number of hydrogen-bond acceptors (Lipinski definition) is 3. The Kier molecular flexibility index (Phi) is 5.52. The summed E-state index contributed by atoms with van der Waals surface area (Å²) in [6, 6.07) is 4.93. The maximum atomic E-state index is 13.2. The topological polar surface area (TPSA) is 69.6 Å². The van der Waals surface area contributed by atoms with Crippen molar-refractivity contribution in [1.82, 2.24) is 10.2 Å². The summed E-state index contributed by atoms with van der Waals surface area (Å²) < 4.78 is 39.5. The zero-order valence-corrected chi connectivity index (χ0v) is 13.5. The van der Waals surface area contributed by atoms with Crippen LogP contribution in [0.2, 0.25) is 0 Å². The first-order valence-electron chi connectivity index (χ1n) is 7.74. The van der Waals surface area contributed by atoms with Crippen molar-refractivity contribution in [3.8, 4) is 0 Å². The van der Waals surface area contributed by atoms with Crippen molar-refractivity contribution >= 4 is 11.8 Å². The summed E-state index contributed by atoms with van der Waals surface area (Å²) in [5.41, 5.74) is -2.68. The van der Waals surface area contributed by atoms with Crippen LogP contribution in [-0.4, -0.2) is 41.5 Å². The normalized spacial score (nSPS) is 17.0. The largest absolute Gasteiger partial charge is 0.416 e. The summed E-state index contributed by atoms with van der Waals surface area (Å²) in [6.07, 6.45) is -3.55. The fourth-order valence-electron chi connectivity index (χ4n) is 2.88. The van der Waals surface area contributed by atoms with E-state index < -0.39 is 23.2 Å². The Labute approximate surface area is 143 Å². The van der Waals surface area contributed by atoms with Gasteiger partial charge >= 0.3 is 6.18 Å². The molecule has 0 aromatic heterocycles. The van der Waals surface area contributed by atoms with Crippen molar-refractivity contribution in [1.29, 1.82) is 0 Å². The quantitative estimate of drug-likeness (QED) is 0.809. The molecule has 25 heavy (non-hydrogen) atoms. The average molecular weight is 356 g/mol. The number of carbonyl (C=O) groups is 2. The zero-order chi connectivity index (χ0) is 18.7. The van der Waals surface area contributed by atoms with E-state index in [2.05, 4.69) is 11.9 Å². The lowest BCUT2D eigenvalue weighted by Crippen LogP contribution is -2.48. The fraction of sp³-hybridized carbons (Fsp3) is 0.412. The lowest BCUT2D eigenvalue weighted by molar-refractivity contribution is -0.144. The molecular formula is C17H19F3N2O3. The number of hydrogen-bond donors (Lipinski definition) is 2. The molecule has 1 saturated heterocycles. The Morgan fingerprint density at radius 3 is 2.44 bits per heavy atom.